The summed E-state index contributed by atoms with van der Waals surface area (Å²) in [7, 11) is 0. The lowest BCUT2D eigenvalue weighted by molar-refractivity contribution is -0.123. The normalized spacial score (nSPS) is 16.0. The first kappa shape index (κ1) is 19.7. The number of benzene rings is 2. The van der Waals surface area contributed by atoms with Gasteiger partial charge in [-0.15, -0.1) is 0 Å². The number of para-hydroxylation sites is 1. The summed E-state index contributed by atoms with van der Waals surface area (Å²) in [5.74, 6) is -0.837. The third kappa shape index (κ3) is 3.70. The van der Waals surface area contributed by atoms with Crippen molar-refractivity contribution in [3.8, 4) is 0 Å². The second-order valence-electron chi connectivity index (χ2n) is 7.11. The molecular formula is C22H18ClFN2O2S. The van der Waals surface area contributed by atoms with E-state index in [4.69, 9.17) is 11.6 Å². The summed E-state index contributed by atoms with van der Waals surface area (Å²) in [5, 5.41) is 0.844. The van der Waals surface area contributed by atoms with Gasteiger partial charge in [-0.25, -0.2) is 4.39 Å². The van der Waals surface area contributed by atoms with Crippen molar-refractivity contribution in [3.63, 3.8) is 0 Å². The van der Waals surface area contributed by atoms with E-state index in [0.717, 1.165) is 33.1 Å². The molecule has 7 heteroatoms. The summed E-state index contributed by atoms with van der Waals surface area (Å²) >= 11 is 6.96. The molecule has 2 amide bonds. The number of halogens is 2. The minimum atomic E-state index is -0.464. The molecule has 4 nitrogen and oxygen atoms in total. The monoisotopic (exact) mass is 428 g/mol. The highest BCUT2D eigenvalue weighted by Gasteiger charge is 2.35. The summed E-state index contributed by atoms with van der Waals surface area (Å²) in [5.41, 5.74) is 2.48. The van der Waals surface area contributed by atoms with Crippen LogP contribution in [0.3, 0.4) is 0 Å². The molecule has 0 N–H and O–H groups in total. The predicted molar refractivity (Wildman–Crippen MR) is 115 cm³/mol. The Kier molecular flexibility index (Phi) is 5.23. The van der Waals surface area contributed by atoms with Gasteiger partial charge >= 0.3 is 0 Å². The fourth-order valence-electron chi connectivity index (χ4n) is 3.37. The van der Waals surface area contributed by atoms with Crippen LogP contribution in [0.25, 0.3) is 17.0 Å². The second kappa shape index (κ2) is 7.69. The number of aromatic nitrogens is 1. The fourth-order valence-corrected chi connectivity index (χ4v) is 4.43. The highest BCUT2D eigenvalue weighted by Crippen LogP contribution is 2.36. The van der Waals surface area contributed by atoms with Crippen LogP contribution in [0.5, 0.6) is 0 Å². The zero-order valence-electron chi connectivity index (χ0n) is 15.9. The van der Waals surface area contributed by atoms with Gasteiger partial charge in [0, 0.05) is 33.7 Å². The van der Waals surface area contributed by atoms with E-state index in [2.05, 4.69) is 18.4 Å². The third-order valence-corrected chi connectivity index (χ3v) is 6.09. The van der Waals surface area contributed by atoms with Gasteiger partial charge in [-0.05, 0) is 55.4 Å². The van der Waals surface area contributed by atoms with Gasteiger partial charge in [0.05, 0.1) is 11.4 Å². The maximum atomic E-state index is 13.3. The van der Waals surface area contributed by atoms with Crippen molar-refractivity contribution < 1.29 is 14.0 Å². The van der Waals surface area contributed by atoms with Crippen molar-refractivity contribution in [3.05, 3.63) is 75.5 Å². The molecule has 1 fully saturated rings. The molecule has 0 spiro atoms. The SMILES string of the molecule is CC(C)n1cc(/C=C2\SC(=O)N(Cc3ccc(F)cc3Cl)C2=O)c2ccccc21. The Morgan fingerprint density at radius 1 is 1.17 bits per heavy atom. The maximum absolute atomic E-state index is 13.3. The number of carbonyl (C=O) groups is 2. The van der Waals surface area contributed by atoms with E-state index >= 15 is 0 Å². The number of thioether (sulfide) groups is 1. The average molecular weight is 429 g/mol. The van der Waals surface area contributed by atoms with Crippen LogP contribution in [0.15, 0.2) is 53.6 Å². The lowest BCUT2D eigenvalue weighted by Crippen LogP contribution is -2.27. The molecule has 0 radical (unpaired) electrons. The van der Waals surface area contributed by atoms with Crippen molar-refractivity contribution in [2.75, 3.05) is 0 Å². The van der Waals surface area contributed by atoms with Crippen molar-refractivity contribution in [1.82, 2.24) is 9.47 Å². The Morgan fingerprint density at radius 2 is 1.93 bits per heavy atom. The molecule has 2 heterocycles. The molecule has 1 aliphatic heterocycles. The van der Waals surface area contributed by atoms with Crippen LogP contribution in [-0.2, 0) is 11.3 Å². The first-order chi connectivity index (χ1) is 13.8. The molecule has 0 unspecified atom stereocenters. The minimum Gasteiger partial charge on any atom is -0.344 e. The number of imide groups is 1. The van der Waals surface area contributed by atoms with Gasteiger partial charge in [-0.3, -0.25) is 14.5 Å². The topological polar surface area (TPSA) is 42.3 Å². The maximum Gasteiger partial charge on any atom is 0.293 e. The van der Waals surface area contributed by atoms with Gasteiger partial charge in [-0.2, -0.15) is 0 Å². The Morgan fingerprint density at radius 3 is 2.66 bits per heavy atom. The molecule has 3 aromatic rings. The van der Waals surface area contributed by atoms with E-state index in [1.54, 1.807) is 6.08 Å². The molecule has 1 saturated heterocycles. The first-order valence-corrected chi connectivity index (χ1v) is 10.3. The Labute approximate surface area is 176 Å². The second-order valence-corrected chi connectivity index (χ2v) is 8.51. The highest BCUT2D eigenvalue weighted by molar-refractivity contribution is 8.18. The highest BCUT2D eigenvalue weighted by atomic mass is 35.5. The van der Waals surface area contributed by atoms with Crippen LogP contribution in [0.2, 0.25) is 5.02 Å². The number of rotatable bonds is 4. The summed E-state index contributed by atoms with van der Waals surface area (Å²) < 4.78 is 15.4. The van der Waals surface area contributed by atoms with E-state index in [0.29, 0.717) is 10.5 Å². The zero-order valence-corrected chi connectivity index (χ0v) is 17.4. The number of fused-ring (bicyclic) bond motifs is 1. The average Bonchev–Trinajstić information content (AvgIpc) is 3.17. The van der Waals surface area contributed by atoms with Crippen LogP contribution in [0, 0.1) is 5.82 Å². The van der Waals surface area contributed by atoms with Gasteiger partial charge < -0.3 is 4.57 Å². The van der Waals surface area contributed by atoms with E-state index < -0.39 is 5.82 Å². The molecule has 2 aromatic carbocycles. The van der Waals surface area contributed by atoms with Crippen molar-refractivity contribution in [2.24, 2.45) is 0 Å². The molecule has 1 aromatic heterocycles. The molecule has 4 rings (SSSR count). The van der Waals surface area contributed by atoms with Gasteiger partial charge in [0.2, 0.25) is 0 Å². The Bertz CT molecular complexity index is 1170. The number of carbonyl (C=O) groups excluding carboxylic acids is 2. The lowest BCUT2D eigenvalue weighted by Gasteiger charge is -2.13. The number of amides is 2. The molecule has 148 valence electrons. The standard InChI is InChI=1S/C22H18ClFN2O2S/c1-13(2)25-12-15(17-5-3-4-6-19(17)25)9-20-21(27)26(22(28)29-20)11-14-7-8-16(24)10-18(14)23/h3-10,12-13H,11H2,1-2H3/b20-9-. The van der Waals surface area contributed by atoms with E-state index in [9.17, 15) is 14.0 Å². The molecule has 0 atom stereocenters. The molecule has 0 aliphatic carbocycles. The van der Waals surface area contributed by atoms with Crippen LogP contribution < -0.4 is 0 Å². The largest absolute Gasteiger partial charge is 0.344 e. The molecular weight excluding hydrogens is 411 g/mol. The van der Waals surface area contributed by atoms with Crippen LogP contribution in [0.1, 0.15) is 31.0 Å². The van der Waals surface area contributed by atoms with Gasteiger partial charge in [0.1, 0.15) is 5.82 Å². The smallest absolute Gasteiger partial charge is 0.293 e. The summed E-state index contributed by atoms with van der Waals surface area (Å²) in [6.45, 7) is 4.20. The first-order valence-electron chi connectivity index (χ1n) is 9.14. The summed E-state index contributed by atoms with van der Waals surface area (Å²) in [6, 6.07) is 12.2. The van der Waals surface area contributed by atoms with Crippen molar-refractivity contribution in [1.29, 1.82) is 0 Å². The van der Waals surface area contributed by atoms with Crippen LogP contribution in [-0.4, -0.2) is 20.6 Å². The summed E-state index contributed by atoms with van der Waals surface area (Å²) in [4.78, 5) is 26.8. The lowest BCUT2D eigenvalue weighted by atomic mass is 10.1. The molecule has 0 saturated carbocycles. The minimum absolute atomic E-state index is 0.00880. The van der Waals surface area contributed by atoms with Gasteiger partial charge in [-0.1, -0.05) is 35.9 Å². The van der Waals surface area contributed by atoms with Crippen molar-refractivity contribution >= 4 is 51.5 Å². The fraction of sp³-hybridized carbons (Fsp3) is 0.182. The summed E-state index contributed by atoms with van der Waals surface area (Å²) in [6.07, 6.45) is 3.76. The molecule has 29 heavy (non-hydrogen) atoms. The third-order valence-electron chi connectivity index (χ3n) is 4.83. The van der Waals surface area contributed by atoms with Crippen LogP contribution in [0.4, 0.5) is 9.18 Å². The molecule has 1 aliphatic rings. The predicted octanol–water partition coefficient (Wildman–Crippen LogP) is 6.25. The Balaban J connectivity index is 1.67. The van der Waals surface area contributed by atoms with Gasteiger partial charge in [0.25, 0.3) is 11.1 Å². The quantitative estimate of drug-likeness (QED) is 0.461. The zero-order chi connectivity index (χ0) is 20.7. The number of hydrogen-bond acceptors (Lipinski definition) is 3. The molecule has 0 bridgehead atoms. The van der Waals surface area contributed by atoms with Crippen LogP contribution >= 0.6 is 23.4 Å². The van der Waals surface area contributed by atoms with E-state index in [1.807, 2.05) is 30.5 Å². The van der Waals surface area contributed by atoms with Gasteiger partial charge in [0.15, 0.2) is 0 Å². The van der Waals surface area contributed by atoms with E-state index in [1.165, 1.54) is 18.2 Å². The number of hydrogen-bond donors (Lipinski definition) is 0. The van der Waals surface area contributed by atoms with E-state index in [-0.39, 0.29) is 28.8 Å². The number of nitrogens with zero attached hydrogens (tertiary/aromatic N) is 2. The van der Waals surface area contributed by atoms with Crippen molar-refractivity contribution in [2.45, 2.75) is 26.4 Å². The Hall–Kier alpha value is -2.57.